The number of halogens is 1. The minimum absolute atomic E-state index is 0.145. The number of nitrogens with one attached hydrogen (secondary N) is 1. The first kappa shape index (κ1) is 14.8. The number of carbonyl (C=O) groups excluding carboxylic acids is 1. The summed E-state index contributed by atoms with van der Waals surface area (Å²) in [5.41, 5.74) is 7.38. The maximum atomic E-state index is 13.7. The molecule has 0 fully saturated rings. The van der Waals surface area contributed by atoms with Gasteiger partial charge in [-0.3, -0.25) is 9.78 Å². The molecule has 0 saturated carbocycles. The Morgan fingerprint density at radius 2 is 2.19 bits per heavy atom. The number of hydrogen-bond acceptors (Lipinski definition) is 4. The van der Waals surface area contributed by atoms with E-state index in [0.717, 1.165) is 5.69 Å². The number of aryl methyl sites for hydroxylation is 1. The highest BCUT2D eigenvalue weighted by atomic mass is 19.1. The van der Waals surface area contributed by atoms with E-state index in [1.807, 2.05) is 0 Å². The highest BCUT2D eigenvalue weighted by Gasteiger charge is 2.12. The number of nitrogens with two attached hydrogens (primary N) is 1. The summed E-state index contributed by atoms with van der Waals surface area (Å²) >= 11 is 0. The summed E-state index contributed by atoms with van der Waals surface area (Å²) in [4.78, 5) is 16.1. The largest absolute Gasteiger partial charge is 0.491 e. The summed E-state index contributed by atoms with van der Waals surface area (Å²) in [6.07, 6.45) is 1.39. The van der Waals surface area contributed by atoms with E-state index in [-0.39, 0.29) is 11.3 Å². The molecule has 21 heavy (non-hydrogen) atoms. The lowest BCUT2D eigenvalue weighted by Gasteiger charge is -2.09. The van der Waals surface area contributed by atoms with Gasteiger partial charge in [-0.15, -0.1) is 0 Å². The van der Waals surface area contributed by atoms with Crippen LogP contribution in [0.1, 0.15) is 23.0 Å². The van der Waals surface area contributed by atoms with Crippen molar-refractivity contribution in [1.82, 2.24) is 4.98 Å². The molecule has 0 unspecified atom stereocenters. The second kappa shape index (κ2) is 6.21. The average molecular weight is 289 g/mol. The second-order valence-corrected chi connectivity index (χ2v) is 4.45. The number of anilines is 2. The summed E-state index contributed by atoms with van der Waals surface area (Å²) in [5.74, 6) is -0.833. The van der Waals surface area contributed by atoms with E-state index in [1.54, 1.807) is 26.0 Å². The van der Waals surface area contributed by atoms with E-state index < -0.39 is 11.7 Å². The fourth-order valence-electron chi connectivity index (χ4n) is 1.82. The summed E-state index contributed by atoms with van der Waals surface area (Å²) in [6, 6.07) is 5.82. The van der Waals surface area contributed by atoms with Crippen LogP contribution in [0.15, 0.2) is 30.5 Å². The maximum absolute atomic E-state index is 13.7. The third-order valence-electron chi connectivity index (χ3n) is 2.81. The molecule has 1 aromatic heterocycles. The van der Waals surface area contributed by atoms with Gasteiger partial charge in [-0.05, 0) is 32.0 Å². The van der Waals surface area contributed by atoms with Crippen molar-refractivity contribution in [2.24, 2.45) is 0 Å². The molecule has 1 heterocycles. The predicted molar refractivity (Wildman–Crippen MR) is 78.9 cm³/mol. The molecule has 6 heteroatoms. The van der Waals surface area contributed by atoms with Crippen molar-refractivity contribution in [1.29, 1.82) is 0 Å². The number of hydrogen-bond donors (Lipinski definition) is 2. The van der Waals surface area contributed by atoms with Gasteiger partial charge < -0.3 is 15.8 Å². The van der Waals surface area contributed by atoms with Gasteiger partial charge in [0.25, 0.3) is 5.91 Å². The first-order valence-electron chi connectivity index (χ1n) is 6.47. The SMILES string of the molecule is CCOc1ccc(NC(=O)c2cnc(C)cc2N)cc1F. The minimum atomic E-state index is -0.537. The van der Waals surface area contributed by atoms with Crippen LogP contribution in [-0.4, -0.2) is 17.5 Å². The van der Waals surface area contributed by atoms with Crippen molar-refractivity contribution >= 4 is 17.3 Å². The zero-order valence-electron chi connectivity index (χ0n) is 11.8. The number of nitrogens with zero attached hydrogens (tertiary/aromatic N) is 1. The Morgan fingerprint density at radius 3 is 2.81 bits per heavy atom. The molecule has 3 N–H and O–H groups in total. The Kier molecular flexibility index (Phi) is 4.37. The molecule has 0 aliphatic rings. The molecule has 0 radical (unpaired) electrons. The lowest BCUT2D eigenvalue weighted by molar-refractivity contribution is 0.102. The number of ether oxygens (including phenoxy) is 1. The predicted octanol–water partition coefficient (Wildman–Crippen LogP) is 2.76. The lowest BCUT2D eigenvalue weighted by atomic mass is 10.2. The molecule has 0 saturated heterocycles. The summed E-state index contributed by atoms with van der Waals surface area (Å²) < 4.78 is 18.8. The topological polar surface area (TPSA) is 77.2 Å². The molecule has 2 aromatic rings. The van der Waals surface area contributed by atoms with Crippen molar-refractivity contribution < 1.29 is 13.9 Å². The van der Waals surface area contributed by atoms with Crippen LogP contribution in [-0.2, 0) is 0 Å². The molecule has 0 aliphatic carbocycles. The Labute approximate surface area is 121 Å². The number of aromatic nitrogens is 1. The second-order valence-electron chi connectivity index (χ2n) is 4.45. The molecular weight excluding hydrogens is 273 g/mol. The molecule has 5 nitrogen and oxygen atoms in total. The third kappa shape index (κ3) is 3.47. The van der Waals surface area contributed by atoms with E-state index in [4.69, 9.17) is 10.5 Å². The average Bonchev–Trinajstić information content (AvgIpc) is 2.41. The van der Waals surface area contributed by atoms with Crippen LogP contribution in [0, 0.1) is 12.7 Å². The van der Waals surface area contributed by atoms with Crippen molar-refractivity contribution in [2.45, 2.75) is 13.8 Å². The smallest absolute Gasteiger partial charge is 0.259 e. The lowest BCUT2D eigenvalue weighted by Crippen LogP contribution is -2.15. The summed E-state index contributed by atoms with van der Waals surface area (Å²) in [5, 5.41) is 2.57. The molecule has 1 amide bonds. The van der Waals surface area contributed by atoms with Crippen molar-refractivity contribution in [3.8, 4) is 5.75 Å². The highest BCUT2D eigenvalue weighted by Crippen LogP contribution is 2.22. The van der Waals surface area contributed by atoms with Gasteiger partial charge in [0.2, 0.25) is 0 Å². The molecule has 110 valence electrons. The van der Waals surface area contributed by atoms with Crippen LogP contribution < -0.4 is 15.8 Å². The van der Waals surface area contributed by atoms with Crippen molar-refractivity contribution in [3.05, 3.63) is 47.5 Å². The van der Waals surface area contributed by atoms with Crippen LogP contribution in [0.2, 0.25) is 0 Å². The number of nitrogen functional groups attached to an aromatic ring is 1. The van der Waals surface area contributed by atoms with Crippen molar-refractivity contribution in [3.63, 3.8) is 0 Å². The number of carbonyl (C=O) groups is 1. The summed E-state index contributed by atoms with van der Waals surface area (Å²) in [6.45, 7) is 3.91. The molecule has 2 rings (SSSR count). The van der Waals surface area contributed by atoms with Gasteiger partial charge in [0, 0.05) is 29.3 Å². The van der Waals surface area contributed by atoms with Crippen LogP contribution in [0.3, 0.4) is 0 Å². The third-order valence-corrected chi connectivity index (χ3v) is 2.81. The number of amides is 1. The van der Waals surface area contributed by atoms with Gasteiger partial charge in [0.15, 0.2) is 11.6 Å². The normalized spacial score (nSPS) is 10.2. The number of pyridine rings is 1. The van der Waals surface area contributed by atoms with Crippen LogP contribution in [0.25, 0.3) is 0 Å². The minimum Gasteiger partial charge on any atom is -0.491 e. The van der Waals surface area contributed by atoms with E-state index >= 15 is 0 Å². The van der Waals surface area contributed by atoms with Crippen LogP contribution in [0.5, 0.6) is 5.75 Å². The maximum Gasteiger partial charge on any atom is 0.259 e. The van der Waals surface area contributed by atoms with E-state index in [1.165, 1.54) is 18.3 Å². The molecular formula is C15H16FN3O2. The monoisotopic (exact) mass is 289 g/mol. The molecule has 0 atom stereocenters. The molecule has 0 bridgehead atoms. The van der Waals surface area contributed by atoms with Gasteiger partial charge in [-0.25, -0.2) is 4.39 Å². The Balaban J connectivity index is 2.17. The fourth-order valence-corrected chi connectivity index (χ4v) is 1.82. The first-order chi connectivity index (χ1) is 10.0. The Bertz CT molecular complexity index is 674. The molecule has 0 spiro atoms. The fraction of sp³-hybridized carbons (Fsp3) is 0.200. The Morgan fingerprint density at radius 1 is 1.43 bits per heavy atom. The number of rotatable bonds is 4. The quantitative estimate of drug-likeness (QED) is 0.907. The first-order valence-corrected chi connectivity index (χ1v) is 6.47. The van der Waals surface area contributed by atoms with Crippen LogP contribution in [0.4, 0.5) is 15.8 Å². The van der Waals surface area contributed by atoms with E-state index in [0.29, 0.717) is 18.0 Å². The van der Waals surface area contributed by atoms with Gasteiger partial charge >= 0.3 is 0 Å². The van der Waals surface area contributed by atoms with Gasteiger partial charge in [-0.1, -0.05) is 0 Å². The number of benzene rings is 1. The zero-order chi connectivity index (χ0) is 15.4. The standard InChI is InChI=1S/C15H16FN3O2/c1-3-21-14-5-4-10(7-12(14)16)19-15(20)11-8-18-9(2)6-13(11)17/h4-8H,3H2,1-2H3,(H2,17,18)(H,19,20). The summed E-state index contributed by atoms with van der Waals surface area (Å²) in [7, 11) is 0. The highest BCUT2D eigenvalue weighted by molar-refractivity contribution is 6.07. The van der Waals surface area contributed by atoms with Crippen LogP contribution >= 0.6 is 0 Å². The molecule has 0 aliphatic heterocycles. The molecule has 1 aromatic carbocycles. The van der Waals surface area contributed by atoms with Gasteiger partial charge in [0.1, 0.15) is 0 Å². The van der Waals surface area contributed by atoms with Gasteiger partial charge in [-0.2, -0.15) is 0 Å². The zero-order valence-corrected chi connectivity index (χ0v) is 11.8. The Hall–Kier alpha value is -2.63. The van der Waals surface area contributed by atoms with E-state index in [9.17, 15) is 9.18 Å². The van der Waals surface area contributed by atoms with E-state index in [2.05, 4.69) is 10.3 Å². The van der Waals surface area contributed by atoms with Gasteiger partial charge in [0.05, 0.1) is 12.2 Å². The van der Waals surface area contributed by atoms with Crippen molar-refractivity contribution in [2.75, 3.05) is 17.7 Å².